The predicted molar refractivity (Wildman–Crippen MR) is 82.6 cm³/mol. The molecular weight excluding hydrogens is 340 g/mol. The van der Waals surface area contributed by atoms with E-state index in [-0.39, 0.29) is 10.5 Å². The molecule has 5 heteroatoms. The van der Waals surface area contributed by atoms with Gasteiger partial charge in [-0.2, -0.15) is 0 Å². The predicted octanol–water partition coefficient (Wildman–Crippen LogP) is 4.43. The average Bonchev–Trinajstić information content (AvgIpc) is 2.51. The highest BCUT2D eigenvalue weighted by Crippen LogP contribution is 2.32. The van der Waals surface area contributed by atoms with Crippen LogP contribution in [0, 0.1) is 11.6 Å². The van der Waals surface area contributed by atoms with Crippen LogP contribution in [0.5, 0.6) is 5.75 Å². The van der Waals surface area contributed by atoms with Crippen LogP contribution in [0.4, 0.5) is 8.78 Å². The molecule has 2 aromatic rings. The Morgan fingerprint density at radius 1 is 1.24 bits per heavy atom. The van der Waals surface area contributed by atoms with Crippen LogP contribution in [-0.4, -0.2) is 13.7 Å². The van der Waals surface area contributed by atoms with E-state index in [0.717, 1.165) is 11.6 Å². The van der Waals surface area contributed by atoms with Crippen molar-refractivity contribution < 1.29 is 13.5 Å². The van der Waals surface area contributed by atoms with Gasteiger partial charge in [-0.05, 0) is 51.8 Å². The van der Waals surface area contributed by atoms with Crippen LogP contribution >= 0.6 is 15.9 Å². The molecule has 0 spiro atoms. The van der Waals surface area contributed by atoms with Gasteiger partial charge in [-0.25, -0.2) is 8.78 Å². The van der Waals surface area contributed by atoms with Gasteiger partial charge in [0.25, 0.3) is 0 Å². The number of nitrogens with one attached hydrogen (secondary N) is 1. The molecule has 0 bridgehead atoms. The maximum absolute atomic E-state index is 13.8. The summed E-state index contributed by atoms with van der Waals surface area (Å²) in [5, 5.41) is 3.28. The van der Waals surface area contributed by atoms with Gasteiger partial charge in [-0.1, -0.05) is 25.1 Å². The highest BCUT2D eigenvalue weighted by Gasteiger charge is 2.20. The fourth-order valence-corrected chi connectivity index (χ4v) is 2.75. The minimum atomic E-state index is -0.877. The standard InChI is InChI=1S/C16H16BrF2NO/c1-3-20-16(10-5-4-6-11(9-10)21-2)12-7-8-13(18)15(19)14(12)17/h4-9,16,20H,3H2,1-2H3. The first kappa shape index (κ1) is 15.9. The van der Waals surface area contributed by atoms with E-state index in [2.05, 4.69) is 21.2 Å². The first-order valence-electron chi connectivity index (χ1n) is 6.59. The van der Waals surface area contributed by atoms with Crippen LogP contribution in [0.1, 0.15) is 24.1 Å². The Balaban J connectivity index is 2.50. The number of methoxy groups -OCH3 is 1. The summed E-state index contributed by atoms with van der Waals surface area (Å²) in [6.45, 7) is 2.65. The Morgan fingerprint density at radius 2 is 2.00 bits per heavy atom. The molecule has 0 aliphatic heterocycles. The molecule has 2 aromatic carbocycles. The molecule has 1 N–H and O–H groups in total. The van der Waals surface area contributed by atoms with Crippen molar-refractivity contribution in [2.75, 3.05) is 13.7 Å². The van der Waals surface area contributed by atoms with Crippen molar-refractivity contribution in [1.82, 2.24) is 5.32 Å². The third-order valence-electron chi connectivity index (χ3n) is 3.21. The molecule has 0 heterocycles. The summed E-state index contributed by atoms with van der Waals surface area (Å²) in [5.74, 6) is -1.03. The lowest BCUT2D eigenvalue weighted by molar-refractivity contribution is 0.413. The number of hydrogen-bond donors (Lipinski definition) is 1. The van der Waals surface area contributed by atoms with Crippen molar-refractivity contribution >= 4 is 15.9 Å². The lowest BCUT2D eigenvalue weighted by Gasteiger charge is -2.21. The highest BCUT2D eigenvalue weighted by molar-refractivity contribution is 9.10. The first-order chi connectivity index (χ1) is 10.1. The van der Waals surface area contributed by atoms with Gasteiger partial charge in [0.2, 0.25) is 0 Å². The Hall–Kier alpha value is -1.46. The summed E-state index contributed by atoms with van der Waals surface area (Å²) in [6.07, 6.45) is 0. The van der Waals surface area contributed by atoms with Crippen LogP contribution in [-0.2, 0) is 0 Å². The van der Waals surface area contributed by atoms with Gasteiger partial charge >= 0.3 is 0 Å². The summed E-state index contributed by atoms with van der Waals surface area (Å²) >= 11 is 3.15. The number of ether oxygens (including phenoxy) is 1. The molecule has 0 saturated carbocycles. The van der Waals surface area contributed by atoms with E-state index < -0.39 is 11.6 Å². The number of hydrogen-bond acceptors (Lipinski definition) is 2. The van der Waals surface area contributed by atoms with Crippen molar-refractivity contribution in [3.05, 3.63) is 63.6 Å². The zero-order chi connectivity index (χ0) is 15.4. The lowest BCUT2D eigenvalue weighted by Crippen LogP contribution is -2.22. The Bertz CT molecular complexity index is 634. The molecule has 21 heavy (non-hydrogen) atoms. The van der Waals surface area contributed by atoms with Gasteiger partial charge in [0.15, 0.2) is 11.6 Å². The quantitative estimate of drug-likeness (QED) is 0.800. The summed E-state index contributed by atoms with van der Waals surface area (Å²) in [4.78, 5) is 0. The molecule has 2 rings (SSSR count). The van der Waals surface area contributed by atoms with Crippen LogP contribution < -0.4 is 10.1 Å². The fraction of sp³-hybridized carbons (Fsp3) is 0.250. The van der Waals surface area contributed by atoms with E-state index in [4.69, 9.17) is 4.74 Å². The number of rotatable bonds is 5. The third kappa shape index (κ3) is 3.41. The summed E-state index contributed by atoms with van der Waals surface area (Å²) in [6, 6.07) is 9.97. The van der Waals surface area contributed by atoms with Crippen molar-refractivity contribution in [2.24, 2.45) is 0 Å². The molecule has 0 radical (unpaired) electrons. The van der Waals surface area contributed by atoms with Crippen molar-refractivity contribution in [2.45, 2.75) is 13.0 Å². The summed E-state index contributed by atoms with van der Waals surface area (Å²) in [7, 11) is 1.59. The monoisotopic (exact) mass is 355 g/mol. The summed E-state index contributed by atoms with van der Waals surface area (Å²) in [5.41, 5.74) is 1.56. The molecule has 1 unspecified atom stereocenters. The zero-order valence-electron chi connectivity index (χ0n) is 11.8. The van der Waals surface area contributed by atoms with Gasteiger partial charge in [0, 0.05) is 0 Å². The maximum atomic E-state index is 13.8. The first-order valence-corrected chi connectivity index (χ1v) is 7.38. The van der Waals surface area contributed by atoms with Crippen LogP contribution in [0.2, 0.25) is 0 Å². The fourth-order valence-electron chi connectivity index (χ4n) is 2.20. The van der Waals surface area contributed by atoms with Gasteiger partial charge in [-0.3, -0.25) is 0 Å². The van der Waals surface area contributed by atoms with Gasteiger partial charge in [0.05, 0.1) is 17.6 Å². The topological polar surface area (TPSA) is 21.3 Å². The molecule has 0 amide bonds. The Morgan fingerprint density at radius 3 is 2.67 bits per heavy atom. The molecule has 1 atom stereocenters. The van der Waals surface area contributed by atoms with E-state index in [9.17, 15) is 8.78 Å². The van der Waals surface area contributed by atoms with Crippen molar-refractivity contribution in [1.29, 1.82) is 0 Å². The van der Waals surface area contributed by atoms with Crippen LogP contribution in [0.15, 0.2) is 40.9 Å². The maximum Gasteiger partial charge on any atom is 0.173 e. The highest BCUT2D eigenvalue weighted by atomic mass is 79.9. The van der Waals surface area contributed by atoms with E-state index in [0.29, 0.717) is 17.9 Å². The zero-order valence-corrected chi connectivity index (χ0v) is 13.4. The molecule has 112 valence electrons. The van der Waals surface area contributed by atoms with E-state index in [1.807, 2.05) is 31.2 Å². The molecule has 0 fully saturated rings. The van der Waals surface area contributed by atoms with E-state index in [1.165, 1.54) is 0 Å². The SMILES string of the molecule is CCNC(c1cccc(OC)c1)c1ccc(F)c(F)c1Br. The van der Waals surface area contributed by atoms with Crippen LogP contribution in [0.25, 0.3) is 0 Å². The minimum Gasteiger partial charge on any atom is -0.497 e. The molecule has 0 aromatic heterocycles. The molecule has 2 nitrogen and oxygen atoms in total. The smallest absolute Gasteiger partial charge is 0.173 e. The second-order valence-electron chi connectivity index (χ2n) is 4.53. The minimum absolute atomic E-state index is 0.135. The van der Waals surface area contributed by atoms with Crippen molar-refractivity contribution in [3.63, 3.8) is 0 Å². The van der Waals surface area contributed by atoms with Crippen LogP contribution in [0.3, 0.4) is 0 Å². The second-order valence-corrected chi connectivity index (χ2v) is 5.32. The van der Waals surface area contributed by atoms with Gasteiger partial charge in [-0.15, -0.1) is 0 Å². The third-order valence-corrected chi connectivity index (χ3v) is 4.02. The van der Waals surface area contributed by atoms with Crippen molar-refractivity contribution in [3.8, 4) is 5.75 Å². The number of benzene rings is 2. The normalized spacial score (nSPS) is 12.2. The van der Waals surface area contributed by atoms with E-state index in [1.54, 1.807) is 13.2 Å². The largest absolute Gasteiger partial charge is 0.497 e. The van der Waals surface area contributed by atoms with Gasteiger partial charge < -0.3 is 10.1 Å². The van der Waals surface area contributed by atoms with E-state index >= 15 is 0 Å². The average molecular weight is 356 g/mol. The summed E-state index contributed by atoms with van der Waals surface area (Å²) < 4.78 is 32.4. The molecule has 0 aliphatic carbocycles. The Kier molecular flexibility index (Phi) is 5.31. The molecule has 0 saturated heterocycles. The molecular formula is C16H16BrF2NO. The second kappa shape index (κ2) is 7.00. The lowest BCUT2D eigenvalue weighted by atomic mass is 9.98. The Labute approximate surface area is 131 Å². The molecule has 0 aliphatic rings. The number of halogens is 3. The van der Waals surface area contributed by atoms with Gasteiger partial charge in [0.1, 0.15) is 5.75 Å².